The molecule has 0 aliphatic heterocycles. The number of aliphatic hydroxyl groups excluding tert-OH is 1. The predicted molar refractivity (Wildman–Crippen MR) is 78.2 cm³/mol. The van der Waals surface area contributed by atoms with E-state index in [0.717, 1.165) is 25.9 Å². The summed E-state index contributed by atoms with van der Waals surface area (Å²) in [4.78, 5) is 2.26. The lowest BCUT2D eigenvalue weighted by atomic mass is 10.1. The van der Waals surface area contributed by atoms with E-state index in [1.54, 1.807) is 0 Å². The molecule has 1 atom stereocenters. The molecule has 0 saturated heterocycles. The van der Waals surface area contributed by atoms with Crippen molar-refractivity contribution < 1.29 is 5.11 Å². The Morgan fingerprint density at radius 1 is 1.33 bits per heavy atom. The molecule has 0 heterocycles. The Kier molecular flexibility index (Phi) is 6.76. The van der Waals surface area contributed by atoms with E-state index in [1.807, 2.05) is 0 Å². The fourth-order valence-electron chi connectivity index (χ4n) is 2.07. The zero-order valence-corrected chi connectivity index (χ0v) is 11.8. The molecule has 0 aromatic heterocycles. The van der Waals surface area contributed by atoms with Crippen LogP contribution >= 0.6 is 0 Å². The summed E-state index contributed by atoms with van der Waals surface area (Å²) in [7, 11) is 2.11. The highest BCUT2D eigenvalue weighted by molar-refractivity contribution is 5.52. The number of benzene rings is 1. The molecule has 0 aliphatic rings. The maximum absolute atomic E-state index is 9.31. The molecular weight excluding hydrogens is 224 g/mol. The average molecular weight is 250 g/mol. The fourth-order valence-corrected chi connectivity index (χ4v) is 2.07. The molecule has 0 saturated carbocycles. The van der Waals surface area contributed by atoms with Gasteiger partial charge in [-0.2, -0.15) is 0 Å². The molecular formula is C15H26N2O. The minimum atomic E-state index is 0.205. The first kappa shape index (κ1) is 15.0. The maximum atomic E-state index is 9.31. The lowest BCUT2D eigenvalue weighted by molar-refractivity contribution is 0.237. The third-order valence-corrected chi connectivity index (χ3v) is 3.24. The number of anilines is 1. The largest absolute Gasteiger partial charge is 0.395 e. The molecule has 102 valence electrons. The molecule has 1 aromatic carbocycles. The van der Waals surface area contributed by atoms with Gasteiger partial charge in [0.05, 0.1) is 6.61 Å². The number of aliphatic hydroxyl groups is 1. The van der Waals surface area contributed by atoms with Gasteiger partial charge in [0, 0.05) is 25.3 Å². The van der Waals surface area contributed by atoms with E-state index in [0.29, 0.717) is 0 Å². The van der Waals surface area contributed by atoms with E-state index in [2.05, 4.69) is 55.4 Å². The maximum Gasteiger partial charge on any atom is 0.0585 e. The summed E-state index contributed by atoms with van der Waals surface area (Å²) >= 11 is 0. The Labute approximate surface area is 111 Å². The van der Waals surface area contributed by atoms with Crippen LogP contribution < -0.4 is 10.2 Å². The highest BCUT2D eigenvalue weighted by Gasteiger charge is 2.09. The number of nitrogens with one attached hydrogen (secondary N) is 1. The summed E-state index contributed by atoms with van der Waals surface area (Å²) in [6, 6.07) is 8.60. The summed E-state index contributed by atoms with van der Waals surface area (Å²) in [5.74, 6) is 0. The summed E-state index contributed by atoms with van der Waals surface area (Å²) in [5.41, 5.74) is 2.56. The van der Waals surface area contributed by atoms with Gasteiger partial charge in [-0.1, -0.05) is 25.1 Å². The molecule has 3 heteroatoms. The Hall–Kier alpha value is -1.06. The van der Waals surface area contributed by atoms with Gasteiger partial charge in [0.1, 0.15) is 0 Å². The summed E-state index contributed by atoms with van der Waals surface area (Å²) < 4.78 is 0. The number of aryl methyl sites for hydroxylation is 1. The van der Waals surface area contributed by atoms with Crippen LogP contribution in [0.1, 0.15) is 25.3 Å². The highest BCUT2D eigenvalue weighted by Crippen LogP contribution is 2.17. The zero-order valence-electron chi connectivity index (χ0n) is 11.8. The van der Waals surface area contributed by atoms with Crippen molar-refractivity contribution in [1.82, 2.24) is 5.32 Å². The van der Waals surface area contributed by atoms with Crippen LogP contribution in [0.2, 0.25) is 0 Å². The predicted octanol–water partition coefficient (Wildman–Crippen LogP) is 2.18. The van der Waals surface area contributed by atoms with Gasteiger partial charge < -0.3 is 15.3 Å². The van der Waals surface area contributed by atoms with Crippen molar-refractivity contribution >= 4 is 5.69 Å². The fraction of sp³-hybridized carbons (Fsp3) is 0.600. The van der Waals surface area contributed by atoms with Crippen LogP contribution in [0.5, 0.6) is 0 Å². The zero-order chi connectivity index (χ0) is 13.4. The first-order valence-electron chi connectivity index (χ1n) is 6.80. The Morgan fingerprint density at radius 3 is 2.67 bits per heavy atom. The summed E-state index contributed by atoms with van der Waals surface area (Å²) in [6.07, 6.45) is 2.06. The molecule has 0 aliphatic carbocycles. The van der Waals surface area contributed by atoms with E-state index in [4.69, 9.17) is 0 Å². The lowest BCUT2D eigenvalue weighted by Gasteiger charge is -2.24. The van der Waals surface area contributed by atoms with E-state index >= 15 is 0 Å². The molecule has 0 spiro atoms. The summed E-state index contributed by atoms with van der Waals surface area (Å²) in [6.45, 7) is 6.40. The highest BCUT2D eigenvalue weighted by atomic mass is 16.3. The molecule has 1 rings (SSSR count). The topological polar surface area (TPSA) is 35.5 Å². The standard InChI is InChI=1S/C15H26N2O/c1-4-10-16-14(12-18)9-11-17(3)15-8-6-5-7-13(15)2/h5-8,14,16,18H,4,9-12H2,1-3H3. The molecule has 18 heavy (non-hydrogen) atoms. The van der Waals surface area contributed by atoms with Crippen LogP contribution in [-0.2, 0) is 0 Å². The van der Waals surface area contributed by atoms with E-state index in [1.165, 1.54) is 11.3 Å². The minimum Gasteiger partial charge on any atom is -0.395 e. The minimum absolute atomic E-state index is 0.205. The molecule has 1 unspecified atom stereocenters. The smallest absolute Gasteiger partial charge is 0.0585 e. The Morgan fingerprint density at radius 2 is 2.06 bits per heavy atom. The second-order valence-electron chi connectivity index (χ2n) is 4.83. The van der Waals surface area contributed by atoms with Crippen LogP contribution in [0.3, 0.4) is 0 Å². The third-order valence-electron chi connectivity index (χ3n) is 3.24. The molecule has 0 radical (unpaired) electrons. The van der Waals surface area contributed by atoms with Crippen LogP contribution in [-0.4, -0.2) is 37.9 Å². The molecule has 0 fully saturated rings. The van der Waals surface area contributed by atoms with Crippen molar-refractivity contribution in [3.8, 4) is 0 Å². The van der Waals surface area contributed by atoms with Gasteiger partial charge in [-0.15, -0.1) is 0 Å². The SMILES string of the molecule is CCCNC(CO)CCN(C)c1ccccc1C. The van der Waals surface area contributed by atoms with Gasteiger partial charge in [-0.3, -0.25) is 0 Å². The number of rotatable bonds is 8. The summed E-state index contributed by atoms with van der Waals surface area (Å²) in [5, 5.41) is 12.7. The third kappa shape index (κ3) is 4.67. The molecule has 2 N–H and O–H groups in total. The van der Waals surface area contributed by atoms with Gasteiger partial charge in [-0.05, 0) is 37.9 Å². The van der Waals surface area contributed by atoms with Crippen molar-refractivity contribution in [2.24, 2.45) is 0 Å². The molecule has 0 amide bonds. The van der Waals surface area contributed by atoms with E-state index in [-0.39, 0.29) is 12.6 Å². The average Bonchev–Trinajstić information content (AvgIpc) is 2.39. The number of hydrogen-bond donors (Lipinski definition) is 2. The second-order valence-corrected chi connectivity index (χ2v) is 4.83. The Balaban J connectivity index is 2.44. The van der Waals surface area contributed by atoms with Crippen LogP contribution in [0.15, 0.2) is 24.3 Å². The quantitative estimate of drug-likeness (QED) is 0.742. The lowest BCUT2D eigenvalue weighted by Crippen LogP contribution is -2.36. The normalized spacial score (nSPS) is 12.4. The number of para-hydroxylation sites is 1. The second kappa shape index (κ2) is 8.11. The van der Waals surface area contributed by atoms with Crippen LogP contribution in [0, 0.1) is 6.92 Å². The van der Waals surface area contributed by atoms with Crippen molar-refractivity contribution in [3.05, 3.63) is 29.8 Å². The van der Waals surface area contributed by atoms with Crippen molar-refractivity contribution in [3.63, 3.8) is 0 Å². The van der Waals surface area contributed by atoms with Crippen molar-refractivity contribution in [2.75, 3.05) is 31.6 Å². The molecule has 0 bridgehead atoms. The van der Waals surface area contributed by atoms with Crippen molar-refractivity contribution in [2.45, 2.75) is 32.7 Å². The first-order chi connectivity index (χ1) is 8.69. The Bertz CT molecular complexity index is 341. The molecule has 3 nitrogen and oxygen atoms in total. The van der Waals surface area contributed by atoms with Gasteiger partial charge in [-0.25, -0.2) is 0 Å². The van der Waals surface area contributed by atoms with Gasteiger partial charge in [0.25, 0.3) is 0 Å². The molecule has 1 aromatic rings. The first-order valence-corrected chi connectivity index (χ1v) is 6.80. The number of hydrogen-bond acceptors (Lipinski definition) is 3. The van der Waals surface area contributed by atoms with Gasteiger partial charge in [0.2, 0.25) is 0 Å². The monoisotopic (exact) mass is 250 g/mol. The van der Waals surface area contributed by atoms with Gasteiger partial charge in [0.15, 0.2) is 0 Å². The van der Waals surface area contributed by atoms with Gasteiger partial charge >= 0.3 is 0 Å². The van der Waals surface area contributed by atoms with Crippen LogP contribution in [0.25, 0.3) is 0 Å². The van der Waals surface area contributed by atoms with E-state index in [9.17, 15) is 5.11 Å². The van der Waals surface area contributed by atoms with Crippen LogP contribution in [0.4, 0.5) is 5.69 Å². The van der Waals surface area contributed by atoms with Crippen molar-refractivity contribution in [1.29, 1.82) is 0 Å². The van der Waals surface area contributed by atoms with E-state index < -0.39 is 0 Å². The number of nitrogens with zero attached hydrogens (tertiary/aromatic N) is 1.